The first-order chi connectivity index (χ1) is 14.1. The van der Waals surface area contributed by atoms with E-state index in [2.05, 4.69) is 41.4 Å². The number of aliphatic imine (C=N–C) groups is 1. The molecule has 0 bridgehead atoms. The molecule has 1 aliphatic heterocycles. The second-order valence-electron chi connectivity index (χ2n) is 7.54. The number of guanidine groups is 1. The summed E-state index contributed by atoms with van der Waals surface area (Å²) in [5, 5.41) is 6.83. The van der Waals surface area contributed by atoms with Crippen molar-refractivity contribution in [3.8, 4) is 5.88 Å². The Hall–Kier alpha value is -2.31. The smallest absolute Gasteiger partial charge is 0.225 e. The molecule has 1 aromatic heterocycles. The lowest BCUT2D eigenvalue weighted by Crippen LogP contribution is -2.50. The van der Waals surface area contributed by atoms with Crippen LogP contribution in [-0.2, 0) is 11.3 Å². The summed E-state index contributed by atoms with van der Waals surface area (Å²) in [4.78, 5) is 23.2. The van der Waals surface area contributed by atoms with Crippen molar-refractivity contribution in [2.45, 2.75) is 65.5 Å². The number of ether oxygens (including phenoxy) is 1. The molecule has 2 rings (SSSR count). The molecule has 2 N–H and O–H groups in total. The van der Waals surface area contributed by atoms with Gasteiger partial charge >= 0.3 is 0 Å². The van der Waals surface area contributed by atoms with Crippen LogP contribution in [0.5, 0.6) is 5.88 Å². The van der Waals surface area contributed by atoms with Gasteiger partial charge in [0.15, 0.2) is 5.96 Å². The van der Waals surface area contributed by atoms with Crippen molar-refractivity contribution < 1.29 is 9.53 Å². The van der Waals surface area contributed by atoms with Crippen LogP contribution in [0.3, 0.4) is 0 Å². The van der Waals surface area contributed by atoms with Gasteiger partial charge in [0.2, 0.25) is 11.8 Å². The molecular weight excluding hydrogens is 366 g/mol. The van der Waals surface area contributed by atoms with Gasteiger partial charge in [0.25, 0.3) is 0 Å². The SMILES string of the molecule is CCCOc1ccc(CNC(=NC)NC2CCN(C(=O)C(CC)CC)CC2)cn1. The normalized spacial score (nSPS) is 15.5. The number of likely N-dealkylation sites (tertiary alicyclic amines) is 1. The van der Waals surface area contributed by atoms with Crippen LogP contribution in [0, 0.1) is 5.92 Å². The number of nitrogens with one attached hydrogen (secondary N) is 2. The Morgan fingerprint density at radius 3 is 2.55 bits per heavy atom. The van der Waals surface area contributed by atoms with Crippen molar-refractivity contribution >= 4 is 11.9 Å². The summed E-state index contributed by atoms with van der Waals surface area (Å²) in [5.74, 6) is 1.92. The molecule has 162 valence electrons. The van der Waals surface area contributed by atoms with Gasteiger partial charge in [0.1, 0.15) is 0 Å². The molecule has 0 spiro atoms. The van der Waals surface area contributed by atoms with Gasteiger partial charge in [-0.15, -0.1) is 0 Å². The quantitative estimate of drug-likeness (QED) is 0.490. The largest absolute Gasteiger partial charge is 0.478 e. The van der Waals surface area contributed by atoms with E-state index in [-0.39, 0.29) is 5.92 Å². The highest BCUT2D eigenvalue weighted by Crippen LogP contribution is 2.17. The lowest BCUT2D eigenvalue weighted by Gasteiger charge is -2.34. The molecule has 1 aliphatic rings. The molecule has 0 aliphatic carbocycles. The number of hydrogen-bond acceptors (Lipinski definition) is 4. The number of hydrogen-bond donors (Lipinski definition) is 2. The Bertz CT molecular complexity index is 635. The average molecular weight is 404 g/mol. The molecule has 2 heterocycles. The maximum atomic E-state index is 12.5. The van der Waals surface area contributed by atoms with E-state index in [4.69, 9.17) is 4.74 Å². The molecule has 1 saturated heterocycles. The van der Waals surface area contributed by atoms with Crippen molar-refractivity contribution in [3.05, 3.63) is 23.9 Å². The third-order valence-electron chi connectivity index (χ3n) is 5.42. The monoisotopic (exact) mass is 403 g/mol. The van der Waals surface area contributed by atoms with E-state index in [0.717, 1.165) is 56.7 Å². The Labute approximate surface area is 175 Å². The highest BCUT2D eigenvalue weighted by molar-refractivity contribution is 5.80. The number of pyridine rings is 1. The molecule has 0 unspecified atom stereocenters. The molecule has 7 heteroatoms. The van der Waals surface area contributed by atoms with Crippen LogP contribution in [0.1, 0.15) is 58.4 Å². The van der Waals surface area contributed by atoms with E-state index in [1.165, 1.54) is 0 Å². The second kappa shape index (κ2) is 12.3. The molecule has 29 heavy (non-hydrogen) atoms. The Morgan fingerprint density at radius 1 is 1.28 bits per heavy atom. The van der Waals surface area contributed by atoms with E-state index in [9.17, 15) is 4.79 Å². The average Bonchev–Trinajstić information content (AvgIpc) is 2.77. The number of amides is 1. The second-order valence-corrected chi connectivity index (χ2v) is 7.54. The Kier molecular flexibility index (Phi) is 9.74. The summed E-state index contributed by atoms with van der Waals surface area (Å²) < 4.78 is 5.52. The number of piperidine rings is 1. The van der Waals surface area contributed by atoms with Gasteiger partial charge in [-0.25, -0.2) is 4.98 Å². The Morgan fingerprint density at radius 2 is 2.00 bits per heavy atom. The number of carbonyl (C=O) groups is 1. The molecule has 0 aromatic carbocycles. The third kappa shape index (κ3) is 7.22. The lowest BCUT2D eigenvalue weighted by atomic mass is 9.98. The molecular formula is C22H37N5O2. The van der Waals surface area contributed by atoms with E-state index in [1.807, 2.05) is 23.2 Å². The van der Waals surface area contributed by atoms with Crippen LogP contribution < -0.4 is 15.4 Å². The van der Waals surface area contributed by atoms with Gasteiger partial charge in [0.05, 0.1) is 6.61 Å². The first-order valence-corrected chi connectivity index (χ1v) is 10.9. The van der Waals surface area contributed by atoms with Crippen LogP contribution in [0.4, 0.5) is 0 Å². The van der Waals surface area contributed by atoms with Crippen LogP contribution in [0.15, 0.2) is 23.3 Å². The number of nitrogens with zero attached hydrogens (tertiary/aromatic N) is 3. The van der Waals surface area contributed by atoms with Gasteiger partial charge in [-0.1, -0.05) is 26.8 Å². The first-order valence-electron chi connectivity index (χ1n) is 10.9. The molecule has 7 nitrogen and oxygen atoms in total. The van der Waals surface area contributed by atoms with Gasteiger partial charge in [-0.3, -0.25) is 9.79 Å². The summed E-state index contributed by atoms with van der Waals surface area (Å²) in [5.41, 5.74) is 1.07. The standard InChI is InChI=1S/C22H37N5O2/c1-5-14-29-20-9-8-17(15-24-20)16-25-22(23-4)26-19-10-12-27(13-11-19)21(28)18(6-2)7-3/h8-9,15,18-19H,5-7,10-14,16H2,1-4H3,(H2,23,25,26). The van der Waals surface area contributed by atoms with Gasteiger partial charge in [0, 0.05) is 50.9 Å². The van der Waals surface area contributed by atoms with Crippen molar-refractivity contribution in [2.24, 2.45) is 10.9 Å². The molecule has 0 atom stereocenters. The zero-order valence-electron chi connectivity index (χ0n) is 18.4. The van der Waals surface area contributed by atoms with E-state index in [0.29, 0.717) is 31.0 Å². The minimum Gasteiger partial charge on any atom is -0.478 e. The van der Waals surface area contributed by atoms with Crippen molar-refractivity contribution in [1.82, 2.24) is 20.5 Å². The van der Waals surface area contributed by atoms with Crippen molar-refractivity contribution in [3.63, 3.8) is 0 Å². The van der Waals surface area contributed by atoms with Crippen LogP contribution in [0.2, 0.25) is 0 Å². The maximum absolute atomic E-state index is 12.5. The van der Waals surface area contributed by atoms with E-state index >= 15 is 0 Å². The number of aromatic nitrogens is 1. The maximum Gasteiger partial charge on any atom is 0.225 e. The predicted octanol–water partition coefficient (Wildman–Crippen LogP) is 2.96. The van der Waals surface area contributed by atoms with Crippen molar-refractivity contribution in [1.29, 1.82) is 0 Å². The predicted molar refractivity (Wildman–Crippen MR) is 117 cm³/mol. The van der Waals surface area contributed by atoms with Crippen LogP contribution in [-0.4, -0.2) is 54.5 Å². The highest BCUT2D eigenvalue weighted by Gasteiger charge is 2.26. The van der Waals surface area contributed by atoms with E-state index in [1.54, 1.807) is 7.05 Å². The van der Waals surface area contributed by atoms with Gasteiger partial charge in [-0.2, -0.15) is 0 Å². The zero-order valence-corrected chi connectivity index (χ0v) is 18.4. The van der Waals surface area contributed by atoms with Crippen molar-refractivity contribution in [2.75, 3.05) is 26.7 Å². The minimum atomic E-state index is 0.168. The van der Waals surface area contributed by atoms with E-state index < -0.39 is 0 Å². The van der Waals surface area contributed by atoms with Crippen LogP contribution in [0.25, 0.3) is 0 Å². The molecule has 1 aromatic rings. The minimum absolute atomic E-state index is 0.168. The molecule has 1 amide bonds. The lowest BCUT2D eigenvalue weighted by molar-refractivity contribution is -0.136. The summed E-state index contributed by atoms with van der Waals surface area (Å²) in [6, 6.07) is 4.24. The molecule has 0 radical (unpaired) electrons. The molecule has 1 fully saturated rings. The Balaban J connectivity index is 1.76. The number of rotatable bonds is 9. The van der Waals surface area contributed by atoms with Crippen LogP contribution >= 0.6 is 0 Å². The zero-order chi connectivity index (χ0) is 21.1. The summed E-state index contributed by atoms with van der Waals surface area (Å²) >= 11 is 0. The summed E-state index contributed by atoms with van der Waals surface area (Å²) in [7, 11) is 1.78. The fourth-order valence-corrected chi connectivity index (χ4v) is 3.52. The fourth-order valence-electron chi connectivity index (χ4n) is 3.52. The third-order valence-corrected chi connectivity index (χ3v) is 5.42. The fraction of sp³-hybridized carbons (Fsp3) is 0.682. The summed E-state index contributed by atoms with van der Waals surface area (Å²) in [6.45, 7) is 9.22. The molecule has 0 saturated carbocycles. The first kappa shape index (κ1) is 23.0. The topological polar surface area (TPSA) is 78.9 Å². The number of carbonyl (C=O) groups excluding carboxylic acids is 1. The summed E-state index contributed by atoms with van der Waals surface area (Å²) in [6.07, 6.45) is 6.52. The highest BCUT2D eigenvalue weighted by atomic mass is 16.5. The van der Waals surface area contributed by atoms with Gasteiger partial charge < -0.3 is 20.3 Å². The van der Waals surface area contributed by atoms with Gasteiger partial charge in [-0.05, 0) is 37.7 Å².